The minimum atomic E-state index is -0.519. The van der Waals surface area contributed by atoms with Crippen molar-refractivity contribution in [2.45, 2.75) is 115 Å². The Kier molecular flexibility index (Phi) is 10.7. The molecule has 252 valence electrons. The Hall–Kier alpha value is -4.13. The Morgan fingerprint density at radius 3 is 1.68 bits per heavy atom. The van der Waals surface area contributed by atoms with Crippen LogP contribution in [0.2, 0.25) is 0 Å². The fourth-order valence-corrected chi connectivity index (χ4v) is 6.62. The Bertz CT molecular complexity index is 1810. The number of aromatic nitrogens is 4. The standard InChI is InChI=1S/C20H27N3O4.C15H19N3O2/c1-20(2,3)27-19(26)22-14-5-7-15(8-6-14)23-17-10-13(12-24)4-9-16(17)21-11-18(23)25;16-11-2-4-12(5-3-11)18-14-7-10(9-19)1-6-13(14)17-8-15(18)20/h4,9-11,14-15,24H,5-8,12H2,1-3H3,(H,22,26);1,6-8,11-12,19H,2-5,9,16H2. The van der Waals surface area contributed by atoms with Gasteiger partial charge in [0, 0.05) is 24.2 Å². The minimum absolute atomic E-state index is 0.0332. The van der Waals surface area contributed by atoms with Gasteiger partial charge in [0.15, 0.2) is 0 Å². The molecule has 2 aliphatic carbocycles. The zero-order valence-corrected chi connectivity index (χ0v) is 27.4. The van der Waals surface area contributed by atoms with E-state index < -0.39 is 11.7 Å². The van der Waals surface area contributed by atoms with E-state index in [0.717, 1.165) is 84.6 Å². The van der Waals surface area contributed by atoms with E-state index >= 15 is 0 Å². The van der Waals surface area contributed by atoms with Crippen LogP contribution in [0, 0.1) is 0 Å². The van der Waals surface area contributed by atoms with E-state index in [-0.39, 0.29) is 48.5 Å². The van der Waals surface area contributed by atoms with E-state index in [1.165, 1.54) is 12.4 Å². The molecule has 0 bridgehead atoms. The summed E-state index contributed by atoms with van der Waals surface area (Å²) in [4.78, 5) is 45.1. The smallest absolute Gasteiger partial charge is 0.407 e. The third-order valence-corrected chi connectivity index (χ3v) is 8.96. The van der Waals surface area contributed by atoms with Crippen molar-refractivity contribution in [3.05, 3.63) is 80.6 Å². The van der Waals surface area contributed by atoms with Crippen LogP contribution < -0.4 is 22.2 Å². The first kappa shape index (κ1) is 34.2. The number of hydrogen-bond donors (Lipinski definition) is 4. The van der Waals surface area contributed by atoms with E-state index in [2.05, 4.69) is 15.3 Å². The van der Waals surface area contributed by atoms with E-state index in [9.17, 15) is 24.6 Å². The highest BCUT2D eigenvalue weighted by Crippen LogP contribution is 2.31. The topological polar surface area (TPSA) is 175 Å². The van der Waals surface area contributed by atoms with Gasteiger partial charge in [-0.15, -0.1) is 0 Å². The van der Waals surface area contributed by atoms with Crippen molar-refractivity contribution in [3.8, 4) is 0 Å². The van der Waals surface area contributed by atoms with E-state index in [4.69, 9.17) is 10.5 Å². The molecule has 5 N–H and O–H groups in total. The summed E-state index contributed by atoms with van der Waals surface area (Å²) in [5, 5.41) is 21.6. The molecule has 2 heterocycles. The molecule has 12 heteroatoms. The summed E-state index contributed by atoms with van der Waals surface area (Å²) < 4.78 is 8.93. The molecule has 1 amide bonds. The number of alkyl carbamates (subject to hydrolysis) is 1. The van der Waals surface area contributed by atoms with Crippen LogP contribution in [-0.2, 0) is 18.0 Å². The summed E-state index contributed by atoms with van der Waals surface area (Å²) >= 11 is 0. The molecule has 12 nitrogen and oxygen atoms in total. The summed E-state index contributed by atoms with van der Waals surface area (Å²) in [6.45, 7) is 5.40. The van der Waals surface area contributed by atoms with Crippen molar-refractivity contribution in [1.29, 1.82) is 0 Å². The number of carbonyl (C=O) groups is 1. The van der Waals surface area contributed by atoms with Gasteiger partial charge in [0.05, 0.1) is 47.7 Å². The average Bonchev–Trinajstić information content (AvgIpc) is 3.04. The molecule has 0 spiro atoms. The Morgan fingerprint density at radius 1 is 0.809 bits per heavy atom. The number of aliphatic hydroxyl groups excluding tert-OH is 2. The van der Waals surface area contributed by atoms with Crippen molar-refractivity contribution in [1.82, 2.24) is 24.4 Å². The molecule has 2 saturated carbocycles. The SMILES string of the molecule is CC(C)(C)OC(=O)NC1CCC(n2c(=O)cnc3ccc(CO)cc32)CC1.NC1CCC(n2c(=O)cnc3ccc(CO)cc32)CC1. The highest BCUT2D eigenvalue weighted by atomic mass is 16.6. The number of nitrogens with one attached hydrogen (secondary N) is 1. The first-order valence-electron chi connectivity index (χ1n) is 16.4. The van der Waals surface area contributed by atoms with Gasteiger partial charge in [0.25, 0.3) is 11.1 Å². The zero-order valence-electron chi connectivity index (χ0n) is 27.4. The maximum atomic E-state index is 12.5. The lowest BCUT2D eigenvalue weighted by Crippen LogP contribution is -2.41. The number of rotatable bonds is 5. The van der Waals surface area contributed by atoms with Crippen LogP contribution in [0.15, 0.2) is 58.4 Å². The molecule has 0 unspecified atom stereocenters. The maximum absolute atomic E-state index is 12.5. The van der Waals surface area contributed by atoms with Crippen LogP contribution in [0.5, 0.6) is 0 Å². The number of carbonyl (C=O) groups excluding carboxylic acids is 1. The number of benzene rings is 2. The molecule has 6 rings (SSSR count). The minimum Gasteiger partial charge on any atom is -0.444 e. The summed E-state index contributed by atoms with van der Waals surface area (Å²) in [7, 11) is 0. The first-order chi connectivity index (χ1) is 22.5. The molecule has 2 aliphatic rings. The van der Waals surface area contributed by atoms with Gasteiger partial charge in [0.2, 0.25) is 0 Å². The van der Waals surface area contributed by atoms with Crippen LogP contribution >= 0.6 is 0 Å². The molecule has 0 radical (unpaired) electrons. The second kappa shape index (κ2) is 14.7. The monoisotopic (exact) mass is 646 g/mol. The van der Waals surface area contributed by atoms with Crippen molar-refractivity contribution in [3.63, 3.8) is 0 Å². The molecule has 4 aromatic rings. The van der Waals surface area contributed by atoms with Gasteiger partial charge in [-0.2, -0.15) is 0 Å². The predicted octanol–water partition coefficient (Wildman–Crippen LogP) is 4.23. The van der Waals surface area contributed by atoms with Crippen LogP contribution in [0.25, 0.3) is 22.1 Å². The number of nitrogens with two attached hydrogens (primary N) is 1. The lowest BCUT2D eigenvalue weighted by molar-refractivity contribution is 0.0488. The maximum Gasteiger partial charge on any atom is 0.407 e. The molecular formula is C35H46N6O6. The number of fused-ring (bicyclic) bond motifs is 2. The molecular weight excluding hydrogens is 600 g/mol. The van der Waals surface area contributed by atoms with Crippen molar-refractivity contribution >= 4 is 28.2 Å². The quantitative estimate of drug-likeness (QED) is 0.247. The highest BCUT2D eigenvalue weighted by Gasteiger charge is 2.27. The number of ether oxygens (including phenoxy) is 1. The summed E-state index contributed by atoms with van der Waals surface area (Å²) in [6.07, 6.45) is 9.19. The molecule has 2 fully saturated rings. The molecule has 0 saturated heterocycles. The number of nitrogens with zero attached hydrogens (tertiary/aromatic N) is 4. The van der Waals surface area contributed by atoms with Crippen molar-refractivity contribution < 1.29 is 19.7 Å². The van der Waals surface area contributed by atoms with E-state index in [0.29, 0.717) is 0 Å². The van der Waals surface area contributed by atoms with Crippen LogP contribution in [0.4, 0.5) is 4.79 Å². The largest absolute Gasteiger partial charge is 0.444 e. The zero-order chi connectivity index (χ0) is 33.7. The first-order valence-corrected chi connectivity index (χ1v) is 16.4. The van der Waals surface area contributed by atoms with Gasteiger partial charge in [-0.25, -0.2) is 14.8 Å². The van der Waals surface area contributed by atoms with Gasteiger partial charge in [0.1, 0.15) is 5.60 Å². The normalized spacial score (nSPS) is 21.6. The van der Waals surface area contributed by atoms with Crippen LogP contribution in [0.1, 0.15) is 95.3 Å². The number of amides is 1. The third-order valence-electron chi connectivity index (χ3n) is 8.96. The summed E-state index contributed by atoms with van der Waals surface area (Å²) in [6, 6.07) is 11.5. The second-order valence-electron chi connectivity index (χ2n) is 13.6. The molecule has 0 atom stereocenters. The van der Waals surface area contributed by atoms with Crippen molar-refractivity contribution in [2.75, 3.05) is 0 Å². The fraction of sp³-hybridized carbons (Fsp3) is 0.514. The lowest BCUT2D eigenvalue weighted by Gasteiger charge is -2.31. The molecule has 47 heavy (non-hydrogen) atoms. The van der Waals surface area contributed by atoms with Gasteiger partial charge >= 0.3 is 6.09 Å². The summed E-state index contributed by atoms with van der Waals surface area (Å²) in [5.74, 6) is 0. The third kappa shape index (κ3) is 8.43. The number of aliphatic hydroxyl groups is 2. The Morgan fingerprint density at radius 2 is 1.26 bits per heavy atom. The lowest BCUT2D eigenvalue weighted by atomic mass is 9.90. The van der Waals surface area contributed by atoms with E-state index in [1.54, 1.807) is 4.57 Å². The molecule has 2 aromatic carbocycles. The average molecular weight is 647 g/mol. The summed E-state index contributed by atoms with van der Waals surface area (Å²) in [5.41, 5.74) is 9.84. The van der Waals surface area contributed by atoms with Gasteiger partial charge in [-0.1, -0.05) is 12.1 Å². The number of hydrogen-bond acceptors (Lipinski definition) is 9. The van der Waals surface area contributed by atoms with Gasteiger partial charge in [-0.05, 0) is 108 Å². The van der Waals surface area contributed by atoms with Crippen LogP contribution in [0.3, 0.4) is 0 Å². The molecule has 0 aliphatic heterocycles. The van der Waals surface area contributed by atoms with Gasteiger partial charge in [-0.3, -0.25) is 9.59 Å². The predicted molar refractivity (Wildman–Crippen MR) is 180 cm³/mol. The Balaban J connectivity index is 0.000000193. The van der Waals surface area contributed by atoms with Crippen LogP contribution in [-0.4, -0.2) is 53.1 Å². The highest BCUT2D eigenvalue weighted by molar-refractivity contribution is 5.76. The molecule has 2 aromatic heterocycles. The van der Waals surface area contributed by atoms with Gasteiger partial charge < -0.3 is 35.1 Å². The van der Waals surface area contributed by atoms with E-state index in [1.807, 2.05) is 61.7 Å². The van der Waals surface area contributed by atoms with Crippen molar-refractivity contribution in [2.24, 2.45) is 5.73 Å². The fourth-order valence-electron chi connectivity index (χ4n) is 6.62. The Labute approximate surface area is 273 Å². The second-order valence-corrected chi connectivity index (χ2v) is 13.6.